The number of aromatic nitrogens is 2. The van der Waals surface area contributed by atoms with E-state index in [2.05, 4.69) is 10.3 Å². The van der Waals surface area contributed by atoms with Crippen molar-refractivity contribution in [1.82, 2.24) is 14.9 Å². The molecule has 0 spiro atoms. The van der Waals surface area contributed by atoms with Crippen molar-refractivity contribution < 1.29 is 14.1 Å². The van der Waals surface area contributed by atoms with Gasteiger partial charge in [0.15, 0.2) is 0 Å². The van der Waals surface area contributed by atoms with E-state index < -0.39 is 16.6 Å². The zero-order chi connectivity index (χ0) is 14.7. The number of hydrogen-bond acceptors (Lipinski definition) is 4. The summed E-state index contributed by atoms with van der Waals surface area (Å²) in [5.74, 6) is -0.952. The van der Waals surface area contributed by atoms with Gasteiger partial charge >= 0.3 is 0 Å². The average molecular weight is 278 g/mol. The van der Waals surface area contributed by atoms with Crippen molar-refractivity contribution in [3.8, 4) is 0 Å². The van der Waals surface area contributed by atoms with Crippen LogP contribution >= 0.6 is 0 Å². The summed E-state index contributed by atoms with van der Waals surface area (Å²) in [6.07, 6.45) is 3.27. The van der Waals surface area contributed by atoms with Crippen LogP contribution in [0.2, 0.25) is 0 Å². The molecule has 0 atom stereocenters. The van der Waals surface area contributed by atoms with Crippen LogP contribution in [-0.2, 0) is 13.6 Å². The van der Waals surface area contributed by atoms with Crippen molar-refractivity contribution in [3.05, 3.63) is 57.9 Å². The monoisotopic (exact) mass is 278 g/mol. The molecular weight excluding hydrogens is 267 g/mol. The maximum Gasteiger partial charge on any atom is 0.270 e. The van der Waals surface area contributed by atoms with Gasteiger partial charge in [-0.1, -0.05) is 0 Å². The molecule has 2 rings (SSSR count). The van der Waals surface area contributed by atoms with Gasteiger partial charge in [0.1, 0.15) is 11.6 Å². The zero-order valence-corrected chi connectivity index (χ0v) is 10.5. The number of carbonyl (C=O) groups excluding carboxylic acids is 1. The summed E-state index contributed by atoms with van der Waals surface area (Å²) in [6, 6.07) is 2.81. The minimum absolute atomic E-state index is 0.102. The Morgan fingerprint density at radius 2 is 2.30 bits per heavy atom. The molecule has 0 unspecified atom stereocenters. The summed E-state index contributed by atoms with van der Waals surface area (Å²) < 4.78 is 15.2. The molecule has 0 saturated carbocycles. The highest BCUT2D eigenvalue weighted by atomic mass is 19.1. The Morgan fingerprint density at radius 3 is 2.90 bits per heavy atom. The van der Waals surface area contributed by atoms with Gasteiger partial charge in [0, 0.05) is 31.6 Å². The first-order chi connectivity index (χ1) is 9.49. The highest BCUT2D eigenvalue weighted by Gasteiger charge is 2.17. The van der Waals surface area contributed by atoms with Crippen LogP contribution in [0.3, 0.4) is 0 Å². The maximum atomic E-state index is 13.5. The van der Waals surface area contributed by atoms with Crippen LogP contribution in [0.15, 0.2) is 30.6 Å². The van der Waals surface area contributed by atoms with Crippen molar-refractivity contribution in [2.45, 2.75) is 6.54 Å². The Morgan fingerprint density at radius 1 is 1.55 bits per heavy atom. The lowest BCUT2D eigenvalue weighted by atomic mass is 10.1. The molecule has 1 aromatic carbocycles. The quantitative estimate of drug-likeness (QED) is 0.676. The third-order valence-electron chi connectivity index (χ3n) is 2.73. The SMILES string of the molecule is Cn1ccnc1CNC(=O)c1cc([N+](=O)[O-])ccc1F. The third kappa shape index (κ3) is 2.79. The molecule has 0 radical (unpaired) electrons. The number of rotatable bonds is 4. The van der Waals surface area contributed by atoms with Gasteiger partial charge in [0.25, 0.3) is 11.6 Å². The van der Waals surface area contributed by atoms with Gasteiger partial charge in [0.2, 0.25) is 0 Å². The second kappa shape index (κ2) is 5.47. The second-order valence-corrected chi connectivity index (χ2v) is 4.06. The van der Waals surface area contributed by atoms with Gasteiger partial charge in [0.05, 0.1) is 17.0 Å². The van der Waals surface area contributed by atoms with Gasteiger partial charge in [-0.3, -0.25) is 14.9 Å². The van der Waals surface area contributed by atoms with Crippen LogP contribution in [0.4, 0.5) is 10.1 Å². The van der Waals surface area contributed by atoms with E-state index in [-0.39, 0.29) is 17.8 Å². The number of carbonyl (C=O) groups is 1. The lowest BCUT2D eigenvalue weighted by Crippen LogP contribution is -2.25. The number of nitro groups is 1. The molecule has 1 aromatic heterocycles. The van der Waals surface area contributed by atoms with E-state index in [0.29, 0.717) is 5.82 Å². The van der Waals surface area contributed by atoms with Crippen molar-refractivity contribution in [2.24, 2.45) is 7.05 Å². The first-order valence-corrected chi connectivity index (χ1v) is 5.67. The van der Waals surface area contributed by atoms with E-state index >= 15 is 0 Å². The molecule has 8 heteroatoms. The Kier molecular flexibility index (Phi) is 3.74. The van der Waals surface area contributed by atoms with Crippen LogP contribution < -0.4 is 5.32 Å². The number of aryl methyl sites for hydroxylation is 1. The first-order valence-electron chi connectivity index (χ1n) is 5.67. The number of hydrogen-bond donors (Lipinski definition) is 1. The van der Waals surface area contributed by atoms with Crippen molar-refractivity contribution in [3.63, 3.8) is 0 Å². The number of nitrogens with one attached hydrogen (secondary N) is 1. The normalized spacial score (nSPS) is 10.3. The summed E-state index contributed by atoms with van der Waals surface area (Å²) in [4.78, 5) is 25.8. The largest absolute Gasteiger partial charge is 0.345 e. The Labute approximate surface area is 113 Å². The second-order valence-electron chi connectivity index (χ2n) is 4.06. The first kappa shape index (κ1) is 13.7. The summed E-state index contributed by atoms with van der Waals surface area (Å²) >= 11 is 0. The Hall–Kier alpha value is -2.77. The number of benzene rings is 1. The van der Waals surface area contributed by atoms with Crippen LogP contribution in [0.5, 0.6) is 0 Å². The minimum atomic E-state index is -0.812. The number of nitro benzene ring substituents is 1. The standard InChI is InChI=1S/C12H11FN4O3/c1-16-5-4-14-11(16)7-15-12(18)9-6-8(17(19)20)2-3-10(9)13/h2-6H,7H2,1H3,(H,15,18). The molecule has 0 bridgehead atoms. The van der Waals surface area contributed by atoms with E-state index in [4.69, 9.17) is 0 Å². The van der Waals surface area contributed by atoms with Gasteiger partial charge in [-0.15, -0.1) is 0 Å². The molecular formula is C12H11FN4O3. The molecule has 0 fully saturated rings. The average Bonchev–Trinajstić information content (AvgIpc) is 2.81. The van der Waals surface area contributed by atoms with Gasteiger partial charge in [-0.25, -0.2) is 9.37 Å². The minimum Gasteiger partial charge on any atom is -0.345 e. The summed E-state index contributed by atoms with van der Waals surface area (Å²) in [7, 11) is 1.75. The van der Waals surface area contributed by atoms with Gasteiger partial charge < -0.3 is 9.88 Å². The maximum absolute atomic E-state index is 13.5. The number of nitrogens with zero attached hydrogens (tertiary/aromatic N) is 3. The fourth-order valence-electron chi connectivity index (χ4n) is 1.62. The zero-order valence-electron chi connectivity index (χ0n) is 10.5. The number of halogens is 1. The fraction of sp³-hybridized carbons (Fsp3) is 0.167. The van der Waals surface area contributed by atoms with E-state index in [1.165, 1.54) is 0 Å². The number of imidazole rings is 1. The molecule has 0 aliphatic carbocycles. The van der Waals surface area contributed by atoms with E-state index in [1.807, 2.05) is 0 Å². The summed E-state index contributed by atoms with van der Waals surface area (Å²) in [5, 5.41) is 13.1. The van der Waals surface area contributed by atoms with Crippen LogP contribution in [0.25, 0.3) is 0 Å². The number of non-ortho nitro benzene ring substituents is 1. The van der Waals surface area contributed by atoms with E-state index in [1.54, 1.807) is 24.0 Å². The van der Waals surface area contributed by atoms with Crippen LogP contribution in [0, 0.1) is 15.9 Å². The molecule has 104 valence electrons. The van der Waals surface area contributed by atoms with Crippen LogP contribution in [-0.4, -0.2) is 20.4 Å². The van der Waals surface area contributed by atoms with Gasteiger partial charge in [-0.05, 0) is 6.07 Å². The topological polar surface area (TPSA) is 90.1 Å². The molecule has 0 aliphatic heterocycles. The van der Waals surface area contributed by atoms with Crippen molar-refractivity contribution in [2.75, 3.05) is 0 Å². The summed E-state index contributed by atoms with van der Waals surface area (Å²) in [6.45, 7) is 0.102. The smallest absolute Gasteiger partial charge is 0.270 e. The summed E-state index contributed by atoms with van der Waals surface area (Å²) in [5.41, 5.74) is -0.707. The predicted octanol–water partition coefficient (Wildman–Crippen LogP) is 1.40. The Balaban J connectivity index is 2.15. The van der Waals surface area contributed by atoms with E-state index in [9.17, 15) is 19.3 Å². The molecule has 1 amide bonds. The fourth-order valence-corrected chi connectivity index (χ4v) is 1.62. The predicted molar refractivity (Wildman–Crippen MR) is 67.4 cm³/mol. The highest BCUT2D eigenvalue weighted by Crippen LogP contribution is 2.16. The van der Waals surface area contributed by atoms with Gasteiger partial charge in [-0.2, -0.15) is 0 Å². The van der Waals surface area contributed by atoms with Crippen LogP contribution in [0.1, 0.15) is 16.2 Å². The molecule has 0 saturated heterocycles. The third-order valence-corrected chi connectivity index (χ3v) is 2.73. The molecule has 0 aliphatic rings. The lowest BCUT2D eigenvalue weighted by Gasteiger charge is -2.06. The molecule has 7 nitrogen and oxygen atoms in total. The number of amides is 1. The highest BCUT2D eigenvalue weighted by molar-refractivity contribution is 5.95. The van der Waals surface area contributed by atoms with Crippen molar-refractivity contribution in [1.29, 1.82) is 0 Å². The molecule has 1 heterocycles. The lowest BCUT2D eigenvalue weighted by molar-refractivity contribution is -0.384. The van der Waals surface area contributed by atoms with Crippen molar-refractivity contribution >= 4 is 11.6 Å². The Bertz CT molecular complexity index is 668. The molecule has 1 N–H and O–H groups in total. The van der Waals surface area contributed by atoms with E-state index in [0.717, 1.165) is 18.2 Å². The molecule has 2 aromatic rings. The molecule has 20 heavy (non-hydrogen) atoms.